The van der Waals surface area contributed by atoms with Crippen LogP contribution in [0.5, 0.6) is 5.75 Å². The van der Waals surface area contributed by atoms with Crippen molar-refractivity contribution in [3.8, 4) is 5.75 Å². The SMILES string of the molecule is CC(O)c1nc2ccccc2n1COc1ccc(Cl)cc1. The lowest BCUT2D eigenvalue weighted by molar-refractivity contribution is 0.167. The molecule has 2 aromatic carbocycles. The smallest absolute Gasteiger partial charge is 0.166 e. The van der Waals surface area contributed by atoms with E-state index in [1.54, 1.807) is 19.1 Å². The van der Waals surface area contributed by atoms with Gasteiger partial charge < -0.3 is 9.84 Å². The summed E-state index contributed by atoms with van der Waals surface area (Å²) in [5.41, 5.74) is 1.77. The average molecular weight is 303 g/mol. The molecule has 21 heavy (non-hydrogen) atoms. The summed E-state index contributed by atoms with van der Waals surface area (Å²) in [6, 6.07) is 14.9. The van der Waals surface area contributed by atoms with E-state index < -0.39 is 6.10 Å². The molecule has 0 aliphatic rings. The molecule has 0 saturated carbocycles. The van der Waals surface area contributed by atoms with Gasteiger partial charge in [-0.3, -0.25) is 4.57 Å². The Labute approximate surface area is 127 Å². The molecular weight excluding hydrogens is 288 g/mol. The van der Waals surface area contributed by atoms with Crippen molar-refractivity contribution in [2.75, 3.05) is 0 Å². The summed E-state index contributed by atoms with van der Waals surface area (Å²) < 4.78 is 7.63. The third-order valence-corrected chi connectivity index (χ3v) is 3.48. The van der Waals surface area contributed by atoms with E-state index in [4.69, 9.17) is 16.3 Å². The number of para-hydroxylation sites is 2. The Morgan fingerprint density at radius 1 is 1.19 bits per heavy atom. The van der Waals surface area contributed by atoms with Gasteiger partial charge in [0.1, 0.15) is 17.7 Å². The molecule has 0 aliphatic carbocycles. The number of hydrogen-bond donors (Lipinski definition) is 1. The van der Waals surface area contributed by atoms with Gasteiger partial charge in [0.05, 0.1) is 11.0 Å². The first-order valence-corrected chi connectivity index (χ1v) is 7.04. The van der Waals surface area contributed by atoms with E-state index in [0.717, 1.165) is 11.0 Å². The normalized spacial score (nSPS) is 12.5. The third-order valence-electron chi connectivity index (χ3n) is 3.23. The number of benzene rings is 2. The number of imidazole rings is 1. The van der Waals surface area contributed by atoms with Crippen LogP contribution in [0.3, 0.4) is 0 Å². The lowest BCUT2D eigenvalue weighted by Crippen LogP contribution is -2.11. The fourth-order valence-corrected chi connectivity index (χ4v) is 2.34. The minimum atomic E-state index is -0.661. The van der Waals surface area contributed by atoms with E-state index in [1.165, 1.54) is 0 Å². The van der Waals surface area contributed by atoms with Crippen molar-refractivity contribution in [2.45, 2.75) is 19.8 Å². The molecule has 3 aromatic rings. The summed E-state index contributed by atoms with van der Waals surface area (Å²) in [6.07, 6.45) is -0.661. The zero-order chi connectivity index (χ0) is 14.8. The van der Waals surface area contributed by atoms with Crippen molar-refractivity contribution in [1.29, 1.82) is 0 Å². The second kappa shape index (κ2) is 5.76. The van der Waals surface area contributed by atoms with E-state index in [2.05, 4.69) is 4.98 Å². The van der Waals surface area contributed by atoms with Crippen LogP contribution in [0.1, 0.15) is 18.9 Å². The Balaban J connectivity index is 1.91. The number of hydrogen-bond acceptors (Lipinski definition) is 3. The Morgan fingerprint density at radius 3 is 2.62 bits per heavy atom. The highest BCUT2D eigenvalue weighted by molar-refractivity contribution is 6.30. The van der Waals surface area contributed by atoms with Crippen molar-refractivity contribution in [1.82, 2.24) is 9.55 Å². The van der Waals surface area contributed by atoms with Crippen molar-refractivity contribution < 1.29 is 9.84 Å². The molecule has 0 spiro atoms. The van der Waals surface area contributed by atoms with Gasteiger partial charge in [0.2, 0.25) is 0 Å². The monoisotopic (exact) mass is 302 g/mol. The van der Waals surface area contributed by atoms with Crippen molar-refractivity contribution >= 4 is 22.6 Å². The first kappa shape index (κ1) is 13.9. The van der Waals surface area contributed by atoms with Gasteiger partial charge in [0, 0.05) is 5.02 Å². The van der Waals surface area contributed by atoms with Gasteiger partial charge in [-0.05, 0) is 43.3 Å². The summed E-state index contributed by atoms with van der Waals surface area (Å²) in [7, 11) is 0. The first-order valence-electron chi connectivity index (χ1n) is 6.67. The lowest BCUT2D eigenvalue weighted by Gasteiger charge is -2.12. The van der Waals surface area contributed by atoms with Crippen LogP contribution in [0.2, 0.25) is 5.02 Å². The fraction of sp³-hybridized carbons (Fsp3) is 0.188. The number of ether oxygens (including phenoxy) is 1. The number of nitrogens with zero attached hydrogens (tertiary/aromatic N) is 2. The summed E-state index contributed by atoms with van der Waals surface area (Å²) in [5, 5.41) is 10.5. The zero-order valence-electron chi connectivity index (χ0n) is 11.5. The molecule has 0 radical (unpaired) electrons. The van der Waals surface area contributed by atoms with Gasteiger partial charge in [0.15, 0.2) is 6.73 Å². The molecular formula is C16H15ClN2O2. The summed E-state index contributed by atoms with van der Waals surface area (Å²) in [6.45, 7) is 1.97. The molecule has 0 bridgehead atoms. The highest BCUT2D eigenvalue weighted by Crippen LogP contribution is 2.22. The van der Waals surface area contributed by atoms with Crippen LogP contribution < -0.4 is 4.74 Å². The number of halogens is 1. The van der Waals surface area contributed by atoms with Gasteiger partial charge >= 0.3 is 0 Å². The highest BCUT2D eigenvalue weighted by Gasteiger charge is 2.14. The Morgan fingerprint density at radius 2 is 1.90 bits per heavy atom. The van der Waals surface area contributed by atoms with E-state index in [0.29, 0.717) is 16.6 Å². The van der Waals surface area contributed by atoms with Crippen molar-refractivity contribution in [3.63, 3.8) is 0 Å². The van der Waals surface area contributed by atoms with E-state index in [9.17, 15) is 5.11 Å². The maximum absolute atomic E-state index is 9.88. The molecule has 1 aromatic heterocycles. The quantitative estimate of drug-likeness (QED) is 0.798. The number of aromatic nitrogens is 2. The summed E-state index contributed by atoms with van der Waals surface area (Å²) in [4.78, 5) is 4.45. The Bertz CT molecular complexity index is 751. The molecule has 1 unspecified atom stereocenters. The predicted molar refractivity (Wildman–Crippen MR) is 82.4 cm³/mol. The number of aliphatic hydroxyl groups is 1. The topological polar surface area (TPSA) is 47.3 Å². The van der Waals surface area contributed by atoms with E-state index in [-0.39, 0.29) is 6.73 Å². The second-order valence-electron chi connectivity index (χ2n) is 4.79. The van der Waals surface area contributed by atoms with Gasteiger partial charge in [-0.25, -0.2) is 4.98 Å². The molecule has 0 saturated heterocycles. The molecule has 4 nitrogen and oxygen atoms in total. The molecule has 5 heteroatoms. The molecule has 108 valence electrons. The summed E-state index contributed by atoms with van der Waals surface area (Å²) >= 11 is 5.85. The minimum Gasteiger partial charge on any atom is -0.473 e. The van der Waals surface area contributed by atoms with Crippen molar-refractivity contribution in [2.24, 2.45) is 0 Å². The van der Waals surface area contributed by atoms with E-state index >= 15 is 0 Å². The molecule has 3 rings (SSSR count). The number of aliphatic hydroxyl groups excluding tert-OH is 1. The highest BCUT2D eigenvalue weighted by atomic mass is 35.5. The van der Waals surface area contributed by atoms with Gasteiger partial charge in [0.25, 0.3) is 0 Å². The zero-order valence-corrected chi connectivity index (χ0v) is 12.3. The van der Waals surface area contributed by atoms with Crippen LogP contribution in [0.25, 0.3) is 11.0 Å². The Hall–Kier alpha value is -2.04. The first-order chi connectivity index (χ1) is 10.1. The number of fused-ring (bicyclic) bond motifs is 1. The largest absolute Gasteiger partial charge is 0.473 e. The Kier molecular flexibility index (Phi) is 3.82. The molecule has 0 amide bonds. The summed E-state index contributed by atoms with van der Waals surface area (Å²) in [5.74, 6) is 1.30. The predicted octanol–water partition coefficient (Wildman–Crippen LogP) is 3.78. The van der Waals surface area contributed by atoms with Gasteiger partial charge in [-0.2, -0.15) is 0 Å². The van der Waals surface area contributed by atoms with Crippen LogP contribution in [0, 0.1) is 0 Å². The van der Waals surface area contributed by atoms with Gasteiger partial charge in [-0.15, -0.1) is 0 Å². The van der Waals surface area contributed by atoms with Crippen LogP contribution in [0.4, 0.5) is 0 Å². The molecule has 1 N–H and O–H groups in total. The fourth-order valence-electron chi connectivity index (χ4n) is 2.22. The minimum absolute atomic E-state index is 0.280. The number of rotatable bonds is 4. The van der Waals surface area contributed by atoms with Crippen LogP contribution in [-0.2, 0) is 6.73 Å². The molecule has 1 heterocycles. The van der Waals surface area contributed by atoms with E-state index in [1.807, 2.05) is 41.0 Å². The van der Waals surface area contributed by atoms with Crippen LogP contribution in [-0.4, -0.2) is 14.7 Å². The maximum atomic E-state index is 9.88. The average Bonchev–Trinajstić information content (AvgIpc) is 2.86. The lowest BCUT2D eigenvalue weighted by atomic mass is 10.3. The van der Waals surface area contributed by atoms with Gasteiger partial charge in [-0.1, -0.05) is 23.7 Å². The third kappa shape index (κ3) is 2.86. The second-order valence-corrected chi connectivity index (χ2v) is 5.23. The van der Waals surface area contributed by atoms with Crippen LogP contribution in [0.15, 0.2) is 48.5 Å². The molecule has 1 atom stereocenters. The molecule has 0 fully saturated rings. The van der Waals surface area contributed by atoms with Crippen LogP contribution >= 0.6 is 11.6 Å². The standard InChI is InChI=1S/C16H15ClN2O2/c1-11(20)16-18-14-4-2-3-5-15(14)19(16)10-21-13-8-6-12(17)7-9-13/h2-9,11,20H,10H2,1H3. The maximum Gasteiger partial charge on any atom is 0.166 e. The van der Waals surface area contributed by atoms with Crippen molar-refractivity contribution in [3.05, 3.63) is 59.4 Å². The molecule has 0 aliphatic heterocycles.